The topological polar surface area (TPSA) is 34.5 Å². The number of ether oxygens (including phenoxy) is 1. The molecule has 3 aromatic rings. The van der Waals surface area contributed by atoms with Gasteiger partial charge in [-0.3, -0.25) is 4.79 Å². The molecule has 0 amide bonds. The lowest BCUT2D eigenvalue weighted by Gasteiger charge is -2.54. The molecule has 1 aliphatic heterocycles. The van der Waals surface area contributed by atoms with Crippen molar-refractivity contribution in [1.82, 2.24) is 9.47 Å². The Kier molecular flexibility index (Phi) is 6.02. The van der Waals surface area contributed by atoms with E-state index in [1.807, 2.05) is 0 Å². The zero-order valence-corrected chi connectivity index (χ0v) is 23.3. The molecular weight excluding hydrogens is 456 g/mol. The summed E-state index contributed by atoms with van der Waals surface area (Å²) in [7, 11) is 1.56. The van der Waals surface area contributed by atoms with Gasteiger partial charge >= 0.3 is 5.97 Å². The molecule has 3 aliphatic rings. The van der Waals surface area contributed by atoms with Crippen LogP contribution in [0.3, 0.4) is 0 Å². The van der Waals surface area contributed by atoms with Crippen LogP contribution >= 0.6 is 0 Å². The molecule has 0 unspecified atom stereocenters. The van der Waals surface area contributed by atoms with Crippen LogP contribution in [0.4, 0.5) is 0 Å². The van der Waals surface area contributed by atoms with Crippen LogP contribution in [0, 0.1) is 5.41 Å². The van der Waals surface area contributed by atoms with Crippen molar-refractivity contribution in [3.63, 3.8) is 0 Å². The molecule has 0 bridgehead atoms. The number of hydrogen-bond donors (Lipinski definition) is 0. The molecule has 4 heteroatoms. The molecule has 2 heterocycles. The van der Waals surface area contributed by atoms with Crippen molar-refractivity contribution in [2.75, 3.05) is 26.7 Å². The SMILES string of the molecule is COC(=O)[C@]1(C)CCC[C@]2(C)c3ccc(C(C)C)cc3-c3c(c4ccccc4n3CCN3CCCC3)[C@@H]12. The van der Waals surface area contributed by atoms with Crippen LogP contribution in [0.2, 0.25) is 0 Å². The van der Waals surface area contributed by atoms with Crippen LogP contribution in [0.25, 0.3) is 22.2 Å². The highest BCUT2D eigenvalue weighted by atomic mass is 16.5. The van der Waals surface area contributed by atoms with Gasteiger partial charge in [0.15, 0.2) is 0 Å². The maximum atomic E-state index is 13.6. The third-order valence-electron chi connectivity index (χ3n) is 10.0. The van der Waals surface area contributed by atoms with Crippen LogP contribution in [-0.2, 0) is 21.5 Å². The van der Waals surface area contributed by atoms with E-state index in [2.05, 4.69) is 79.6 Å². The van der Waals surface area contributed by atoms with Gasteiger partial charge in [0.2, 0.25) is 0 Å². The molecule has 0 radical (unpaired) electrons. The standard InChI is InChI=1S/C33H42N2O2/c1-22(2)23-13-14-26-25(21-23)29-28(30-32(26,3)15-10-16-33(30,4)31(36)37-5)24-11-6-7-12-27(24)35(29)20-19-34-17-8-9-18-34/h6-7,11-14,21-22,30H,8-10,15-20H2,1-5H3/t30-,32-,33-/m1/s1. The van der Waals surface area contributed by atoms with E-state index in [-0.39, 0.29) is 17.3 Å². The molecule has 0 N–H and O–H groups in total. The molecule has 2 fully saturated rings. The molecule has 6 rings (SSSR count). The molecule has 0 spiro atoms. The molecule has 1 aromatic heterocycles. The molecule has 1 saturated carbocycles. The van der Waals surface area contributed by atoms with E-state index < -0.39 is 5.41 Å². The van der Waals surface area contributed by atoms with Crippen molar-refractivity contribution >= 4 is 16.9 Å². The van der Waals surface area contributed by atoms with E-state index in [1.54, 1.807) is 7.11 Å². The number of carbonyl (C=O) groups excluding carboxylic acids is 1. The number of aromatic nitrogens is 1. The number of hydrogen-bond acceptors (Lipinski definition) is 3. The summed E-state index contributed by atoms with van der Waals surface area (Å²) in [6.07, 6.45) is 5.61. The number of benzene rings is 2. The van der Waals surface area contributed by atoms with Gasteiger partial charge in [-0.1, -0.05) is 57.5 Å². The Balaban J connectivity index is 1.66. The van der Waals surface area contributed by atoms with E-state index in [0.29, 0.717) is 5.92 Å². The summed E-state index contributed by atoms with van der Waals surface area (Å²) in [5.74, 6) is 0.477. The van der Waals surface area contributed by atoms with Gasteiger partial charge in [0, 0.05) is 40.9 Å². The first kappa shape index (κ1) is 24.7. The van der Waals surface area contributed by atoms with Crippen molar-refractivity contribution in [2.45, 2.75) is 83.6 Å². The number of para-hydroxylation sites is 1. The highest BCUT2D eigenvalue weighted by Gasteiger charge is 2.58. The van der Waals surface area contributed by atoms with Crippen molar-refractivity contribution in [2.24, 2.45) is 5.41 Å². The van der Waals surface area contributed by atoms with Gasteiger partial charge in [-0.25, -0.2) is 0 Å². The average Bonchev–Trinajstić information content (AvgIpc) is 3.53. The first-order chi connectivity index (χ1) is 17.8. The van der Waals surface area contributed by atoms with Gasteiger partial charge < -0.3 is 14.2 Å². The van der Waals surface area contributed by atoms with Crippen molar-refractivity contribution in [3.05, 3.63) is 59.2 Å². The van der Waals surface area contributed by atoms with Crippen LogP contribution in [-0.4, -0.2) is 42.2 Å². The van der Waals surface area contributed by atoms with E-state index in [4.69, 9.17) is 4.74 Å². The van der Waals surface area contributed by atoms with Gasteiger partial charge in [-0.2, -0.15) is 0 Å². The lowest BCUT2D eigenvalue weighted by molar-refractivity contribution is -0.157. The van der Waals surface area contributed by atoms with Gasteiger partial charge in [0.05, 0.1) is 18.2 Å². The number of carbonyl (C=O) groups is 1. The van der Waals surface area contributed by atoms with Gasteiger partial charge in [-0.05, 0) is 80.4 Å². The maximum Gasteiger partial charge on any atom is 0.312 e. The first-order valence-corrected chi connectivity index (χ1v) is 14.4. The lowest BCUT2D eigenvalue weighted by atomic mass is 9.49. The molecule has 37 heavy (non-hydrogen) atoms. The summed E-state index contributed by atoms with van der Waals surface area (Å²) in [5, 5.41) is 1.31. The number of likely N-dealkylation sites (tertiary alicyclic amines) is 1. The minimum absolute atomic E-state index is 0.0643. The average molecular weight is 499 g/mol. The van der Waals surface area contributed by atoms with E-state index >= 15 is 0 Å². The zero-order chi connectivity index (χ0) is 25.9. The molecule has 4 nitrogen and oxygen atoms in total. The van der Waals surface area contributed by atoms with Crippen molar-refractivity contribution < 1.29 is 9.53 Å². The van der Waals surface area contributed by atoms with Gasteiger partial charge in [0.1, 0.15) is 0 Å². The number of nitrogens with zero attached hydrogens (tertiary/aromatic N) is 2. The maximum absolute atomic E-state index is 13.6. The number of esters is 1. The smallest absolute Gasteiger partial charge is 0.312 e. The Morgan fingerprint density at radius 3 is 2.51 bits per heavy atom. The summed E-state index contributed by atoms with van der Waals surface area (Å²) < 4.78 is 8.12. The predicted octanol–water partition coefficient (Wildman–Crippen LogP) is 7.25. The van der Waals surface area contributed by atoms with Crippen LogP contribution in [0.15, 0.2) is 42.5 Å². The van der Waals surface area contributed by atoms with E-state index in [1.165, 1.54) is 64.8 Å². The highest BCUT2D eigenvalue weighted by Crippen LogP contribution is 2.65. The molecule has 196 valence electrons. The van der Waals surface area contributed by atoms with Gasteiger partial charge in [-0.15, -0.1) is 0 Å². The number of methoxy groups -OCH3 is 1. The summed E-state index contributed by atoms with van der Waals surface area (Å²) in [4.78, 5) is 16.2. The fourth-order valence-corrected chi connectivity index (χ4v) is 8.20. The van der Waals surface area contributed by atoms with E-state index in [0.717, 1.165) is 32.4 Å². The Hall–Kier alpha value is -2.59. The third kappa shape index (κ3) is 3.62. The summed E-state index contributed by atoms with van der Waals surface area (Å²) in [6, 6.07) is 16.1. The summed E-state index contributed by atoms with van der Waals surface area (Å²) >= 11 is 0. The molecule has 2 aliphatic carbocycles. The number of fused-ring (bicyclic) bond motifs is 8. The number of rotatable bonds is 5. The normalized spacial score (nSPS) is 27.2. The second kappa shape index (κ2) is 9.01. The molecule has 2 aromatic carbocycles. The lowest BCUT2D eigenvalue weighted by Crippen LogP contribution is -2.50. The molecular formula is C33H42N2O2. The molecule has 1 saturated heterocycles. The Morgan fingerprint density at radius 2 is 1.78 bits per heavy atom. The van der Waals surface area contributed by atoms with Crippen molar-refractivity contribution in [3.8, 4) is 11.3 Å². The monoisotopic (exact) mass is 498 g/mol. The predicted molar refractivity (Wildman–Crippen MR) is 151 cm³/mol. The Labute approximate surface area is 222 Å². The zero-order valence-electron chi connectivity index (χ0n) is 23.3. The van der Waals surface area contributed by atoms with Crippen LogP contribution in [0.5, 0.6) is 0 Å². The van der Waals surface area contributed by atoms with Crippen LogP contribution < -0.4 is 0 Å². The summed E-state index contributed by atoms with van der Waals surface area (Å²) in [5.41, 5.74) is 7.51. The van der Waals surface area contributed by atoms with Gasteiger partial charge in [0.25, 0.3) is 0 Å². The van der Waals surface area contributed by atoms with Crippen molar-refractivity contribution in [1.29, 1.82) is 0 Å². The highest BCUT2D eigenvalue weighted by molar-refractivity contribution is 5.96. The second-order valence-corrected chi connectivity index (χ2v) is 12.6. The minimum atomic E-state index is -0.561. The Morgan fingerprint density at radius 1 is 1.03 bits per heavy atom. The second-order valence-electron chi connectivity index (χ2n) is 12.6. The largest absolute Gasteiger partial charge is 0.469 e. The quantitative estimate of drug-likeness (QED) is 0.348. The van der Waals surface area contributed by atoms with Crippen LogP contribution in [0.1, 0.15) is 88.3 Å². The Bertz CT molecular complexity index is 1350. The molecule has 3 atom stereocenters. The third-order valence-corrected chi connectivity index (χ3v) is 10.0. The van der Waals surface area contributed by atoms with E-state index in [9.17, 15) is 4.79 Å². The fourth-order valence-electron chi connectivity index (χ4n) is 8.20. The minimum Gasteiger partial charge on any atom is -0.469 e. The summed E-state index contributed by atoms with van der Waals surface area (Å²) in [6.45, 7) is 13.6. The first-order valence-electron chi connectivity index (χ1n) is 14.4. The fraction of sp³-hybridized carbons (Fsp3) is 0.545.